The first-order valence-corrected chi connectivity index (χ1v) is 11.0. The molecule has 3 aromatic carbocycles. The molecule has 0 N–H and O–H groups in total. The van der Waals surface area contributed by atoms with E-state index in [1.807, 2.05) is 63.2 Å². The summed E-state index contributed by atoms with van der Waals surface area (Å²) in [6.07, 6.45) is 0. The average molecular weight is 454 g/mol. The molecule has 2 heterocycles. The number of oxime groups is 1. The third-order valence-corrected chi connectivity index (χ3v) is 6.16. The highest BCUT2D eigenvalue weighted by atomic mass is 16.7. The summed E-state index contributed by atoms with van der Waals surface area (Å²) in [5.74, 6) is -1.11. The second kappa shape index (κ2) is 7.95. The number of aromatic nitrogens is 1. The lowest BCUT2D eigenvalue weighted by atomic mass is 9.94. The van der Waals surface area contributed by atoms with Crippen molar-refractivity contribution >= 4 is 45.2 Å². The van der Waals surface area contributed by atoms with Gasteiger partial charge in [0, 0.05) is 35.5 Å². The van der Waals surface area contributed by atoms with Gasteiger partial charge in [-0.3, -0.25) is 9.59 Å². The summed E-state index contributed by atoms with van der Waals surface area (Å²) in [5, 5.41) is 5.08. The minimum Gasteiger partial charge on any atom is -0.432 e. The molecule has 34 heavy (non-hydrogen) atoms. The molecule has 5 rings (SSSR count). The zero-order chi connectivity index (χ0) is 24.1. The van der Waals surface area contributed by atoms with Gasteiger partial charge in [-0.05, 0) is 67.4 Å². The lowest BCUT2D eigenvalue weighted by molar-refractivity contribution is -0.141. The van der Waals surface area contributed by atoms with Gasteiger partial charge in [-0.15, -0.1) is 0 Å². The summed E-state index contributed by atoms with van der Waals surface area (Å²) in [7, 11) is 0. The Labute approximate surface area is 195 Å². The van der Waals surface area contributed by atoms with Crippen LogP contribution < -0.4 is 4.74 Å². The molecule has 0 spiro atoms. The molecule has 0 bridgehead atoms. The summed E-state index contributed by atoms with van der Waals surface area (Å²) in [4.78, 5) is 42.0. The highest BCUT2D eigenvalue weighted by Crippen LogP contribution is 2.41. The minimum absolute atomic E-state index is 0.0587. The SMILES string of the molecule is CCn1c2ccc(C(=O)c3c(C)cccc3C)cc2c2c3c(ccc21)C(=O)C(=NOC(C)=O)O3. The smallest absolute Gasteiger partial charge is 0.332 e. The normalized spacial score (nSPS) is 14.0. The lowest BCUT2D eigenvalue weighted by Crippen LogP contribution is -2.13. The molecule has 0 atom stereocenters. The van der Waals surface area contributed by atoms with Gasteiger partial charge >= 0.3 is 11.9 Å². The van der Waals surface area contributed by atoms with E-state index in [-0.39, 0.29) is 11.7 Å². The van der Waals surface area contributed by atoms with Crippen molar-refractivity contribution < 1.29 is 24.0 Å². The van der Waals surface area contributed by atoms with E-state index in [0.29, 0.717) is 34.4 Å². The number of rotatable bonds is 4. The van der Waals surface area contributed by atoms with E-state index >= 15 is 0 Å². The highest BCUT2D eigenvalue weighted by molar-refractivity contribution is 6.47. The van der Waals surface area contributed by atoms with Crippen LogP contribution in [0, 0.1) is 13.8 Å². The van der Waals surface area contributed by atoms with Gasteiger partial charge in [0.25, 0.3) is 5.78 Å². The van der Waals surface area contributed by atoms with Crippen LogP contribution in [0.3, 0.4) is 0 Å². The molecular formula is C27H22N2O5. The largest absolute Gasteiger partial charge is 0.432 e. The molecule has 0 amide bonds. The molecule has 0 saturated heterocycles. The van der Waals surface area contributed by atoms with Gasteiger partial charge < -0.3 is 14.1 Å². The molecule has 7 heteroatoms. The van der Waals surface area contributed by atoms with Crippen molar-refractivity contribution in [3.63, 3.8) is 0 Å². The first-order valence-electron chi connectivity index (χ1n) is 11.0. The van der Waals surface area contributed by atoms with Gasteiger partial charge in [0.15, 0.2) is 11.5 Å². The van der Waals surface area contributed by atoms with Crippen molar-refractivity contribution in [2.24, 2.45) is 5.16 Å². The van der Waals surface area contributed by atoms with Crippen LogP contribution in [0.1, 0.15) is 51.3 Å². The molecule has 1 aromatic heterocycles. The number of hydrogen-bond acceptors (Lipinski definition) is 6. The Morgan fingerprint density at radius 1 is 1.03 bits per heavy atom. The standard InChI is InChI=1S/C27H22N2O5/c1-5-29-20-11-9-17(24(31)22-14(2)7-6-8-15(22)3)13-19(20)23-21(29)12-10-18-25(32)27(33-26(18)23)28-34-16(4)30/h6-13H,5H2,1-4H3. The predicted molar refractivity (Wildman–Crippen MR) is 129 cm³/mol. The zero-order valence-electron chi connectivity index (χ0n) is 19.3. The third kappa shape index (κ3) is 3.20. The number of benzene rings is 3. The van der Waals surface area contributed by atoms with Crippen LogP contribution in [-0.4, -0.2) is 28.0 Å². The first-order chi connectivity index (χ1) is 16.3. The summed E-state index contributed by atoms with van der Waals surface area (Å²) < 4.78 is 7.90. The third-order valence-electron chi connectivity index (χ3n) is 6.16. The van der Waals surface area contributed by atoms with Crippen molar-refractivity contribution in [2.75, 3.05) is 0 Å². The molecule has 170 valence electrons. The maximum absolute atomic E-state index is 13.5. The van der Waals surface area contributed by atoms with Crippen molar-refractivity contribution in [3.05, 3.63) is 76.3 Å². The van der Waals surface area contributed by atoms with E-state index in [2.05, 4.69) is 14.6 Å². The van der Waals surface area contributed by atoms with E-state index < -0.39 is 11.8 Å². The molecule has 0 fully saturated rings. The molecule has 1 aliphatic heterocycles. The van der Waals surface area contributed by atoms with Gasteiger partial charge in [-0.2, -0.15) is 0 Å². The molecule has 7 nitrogen and oxygen atoms in total. The Morgan fingerprint density at radius 2 is 1.74 bits per heavy atom. The molecule has 0 saturated carbocycles. The number of aryl methyl sites for hydroxylation is 3. The average Bonchev–Trinajstić information content (AvgIpc) is 3.31. The van der Waals surface area contributed by atoms with Crippen LogP contribution in [0.5, 0.6) is 5.75 Å². The van der Waals surface area contributed by atoms with Crippen LogP contribution in [0.15, 0.2) is 53.7 Å². The van der Waals surface area contributed by atoms with Crippen LogP contribution in [0.4, 0.5) is 0 Å². The number of hydrogen-bond donors (Lipinski definition) is 0. The fourth-order valence-corrected chi connectivity index (χ4v) is 4.67. The number of carbonyl (C=O) groups excluding carboxylic acids is 3. The molecule has 4 aromatic rings. The Bertz CT molecular complexity index is 1560. The number of carbonyl (C=O) groups is 3. The van der Waals surface area contributed by atoms with E-state index in [0.717, 1.165) is 27.5 Å². The Morgan fingerprint density at radius 3 is 2.41 bits per heavy atom. The van der Waals surface area contributed by atoms with Crippen molar-refractivity contribution in [1.82, 2.24) is 4.57 Å². The zero-order valence-corrected chi connectivity index (χ0v) is 19.3. The second-order valence-electron chi connectivity index (χ2n) is 8.32. The number of nitrogens with zero attached hydrogens (tertiary/aromatic N) is 2. The highest BCUT2D eigenvalue weighted by Gasteiger charge is 2.33. The van der Waals surface area contributed by atoms with Crippen LogP contribution >= 0.6 is 0 Å². The molecule has 0 aliphatic carbocycles. The topological polar surface area (TPSA) is 87.0 Å². The molecular weight excluding hydrogens is 432 g/mol. The maximum Gasteiger partial charge on any atom is 0.332 e. The summed E-state index contributed by atoms with van der Waals surface area (Å²) in [6, 6.07) is 15.0. The summed E-state index contributed by atoms with van der Waals surface area (Å²) >= 11 is 0. The minimum atomic E-state index is -0.651. The second-order valence-corrected chi connectivity index (χ2v) is 8.32. The van der Waals surface area contributed by atoms with Gasteiger partial charge in [-0.25, -0.2) is 4.79 Å². The monoisotopic (exact) mass is 454 g/mol. The Kier molecular flexibility index (Phi) is 5.05. The maximum atomic E-state index is 13.5. The van der Waals surface area contributed by atoms with E-state index in [9.17, 15) is 14.4 Å². The van der Waals surface area contributed by atoms with Gasteiger partial charge in [0.1, 0.15) is 0 Å². The number of fused-ring (bicyclic) bond motifs is 5. The van der Waals surface area contributed by atoms with Gasteiger partial charge in [0.05, 0.1) is 16.5 Å². The molecule has 1 aliphatic rings. The Balaban J connectivity index is 1.74. The lowest BCUT2D eigenvalue weighted by Gasteiger charge is -2.09. The van der Waals surface area contributed by atoms with Gasteiger partial charge in [0.2, 0.25) is 0 Å². The van der Waals surface area contributed by atoms with E-state index in [1.165, 1.54) is 6.92 Å². The molecule has 0 unspecified atom stereocenters. The number of ether oxygens (including phenoxy) is 1. The fourth-order valence-electron chi connectivity index (χ4n) is 4.67. The van der Waals surface area contributed by atoms with Gasteiger partial charge in [-0.1, -0.05) is 18.2 Å². The first kappa shape index (κ1) is 21.6. The number of ketones is 2. The van der Waals surface area contributed by atoms with E-state index in [1.54, 1.807) is 6.07 Å². The van der Waals surface area contributed by atoms with Crippen LogP contribution in [0.25, 0.3) is 21.8 Å². The van der Waals surface area contributed by atoms with Crippen molar-refractivity contribution in [3.8, 4) is 5.75 Å². The van der Waals surface area contributed by atoms with E-state index in [4.69, 9.17) is 4.74 Å². The summed E-state index contributed by atoms with van der Waals surface area (Å²) in [6.45, 7) is 7.77. The summed E-state index contributed by atoms with van der Waals surface area (Å²) in [5.41, 5.74) is 5.20. The van der Waals surface area contributed by atoms with Crippen molar-refractivity contribution in [1.29, 1.82) is 0 Å². The van der Waals surface area contributed by atoms with Crippen LogP contribution in [-0.2, 0) is 16.2 Å². The quantitative estimate of drug-likeness (QED) is 0.243. The molecule has 0 radical (unpaired) electrons. The number of Topliss-reactive ketones (excluding diaryl/α,β-unsaturated/α-hetero) is 1. The Hall–Kier alpha value is -4.26. The predicted octanol–water partition coefficient (Wildman–Crippen LogP) is 5.11. The van der Waals surface area contributed by atoms with Crippen molar-refractivity contribution in [2.45, 2.75) is 34.2 Å². The fraction of sp³-hybridized carbons (Fsp3) is 0.185. The van der Waals surface area contributed by atoms with Crippen LogP contribution in [0.2, 0.25) is 0 Å².